The molecule has 2 atom stereocenters. The third kappa shape index (κ3) is 3.19. The molecular formula is C15H22BrNO2S. The van der Waals surface area contributed by atoms with Crippen LogP contribution in [0.1, 0.15) is 32.6 Å². The maximum atomic E-state index is 12.3. The summed E-state index contributed by atoms with van der Waals surface area (Å²) in [5.74, 6) is 0.139. The van der Waals surface area contributed by atoms with Crippen molar-refractivity contribution in [2.45, 2.75) is 48.4 Å². The van der Waals surface area contributed by atoms with Crippen molar-refractivity contribution >= 4 is 31.5 Å². The lowest BCUT2D eigenvalue weighted by Gasteiger charge is -2.37. The lowest BCUT2D eigenvalue weighted by molar-refractivity contribution is 0.442. The van der Waals surface area contributed by atoms with Crippen LogP contribution in [0, 0.1) is 0 Å². The quantitative estimate of drug-likeness (QED) is 0.770. The molecule has 2 rings (SSSR count). The summed E-state index contributed by atoms with van der Waals surface area (Å²) in [6.07, 6.45) is 4.71. The smallest absolute Gasteiger partial charge is 0.180 e. The van der Waals surface area contributed by atoms with Gasteiger partial charge in [0.25, 0.3) is 0 Å². The van der Waals surface area contributed by atoms with Crippen molar-refractivity contribution in [1.29, 1.82) is 0 Å². The molecule has 112 valence electrons. The molecule has 1 aromatic carbocycles. The number of nitrogens with zero attached hydrogens (tertiary/aromatic N) is 1. The molecule has 0 heterocycles. The van der Waals surface area contributed by atoms with Gasteiger partial charge in [0, 0.05) is 17.9 Å². The van der Waals surface area contributed by atoms with E-state index < -0.39 is 9.84 Å². The van der Waals surface area contributed by atoms with Crippen molar-refractivity contribution in [2.24, 2.45) is 0 Å². The van der Waals surface area contributed by atoms with Crippen molar-refractivity contribution in [1.82, 2.24) is 0 Å². The molecule has 0 saturated heterocycles. The highest BCUT2D eigenvalue weighted by Crippen LogP contribution is 2.33. The van der Waals surface area contributed by atoms with Gasteiger partial charge in [-0.15, -0.1) is 0 Å². The van der Waals surface area contributed by atoms with Gasteiger partial charge in [-0.2, -0.15) is 0 Å². The Labute approximate surface area is 130 Å². The molecule has 0 spiro atoms. The summed E-state index contributed by atoms with van der Waals surface area (Å²) in [6.45, 7) is 1.69. The highest BCUT2D eigenvalue weighted by atomic mass is 79.9. The maximum absolute atomic E-state index is 12.3. The summed E-state index contributed by atoms with van der Waals surface area (Å²) >= 11 is 3.75. The Hall–Kier alpha value is -0.550. The van der Waals surface area contributed by atoms with Crippen molar-refractivity contribution in [3.8, 4) is 0 Å². The zero-order chi connectivity index (χ0) is 14.8. The number of anilines is 1. The summed E-state index contributed by atoms with van der Waals surface area (Å²) < 4.78 is 24.5. The number of alkyl halides is 1. The van der Waals surface area contributed by atoms with E-state index in [4.69, 9.17) is 0 Å². The van der Waals surface area contributed by atoms with Crippen LogP contribution in [0.2, 0.25) is 0 Å². The fraction of sp³-hybridized carbons (Fsp3) is 0.600. The van der Waals surface area contributed by atoms with Crippen LogP contribution in [-0.4, -0.2) is 32.1 Å². The zero-order valence-corrected chi connectivity index (χ0v) is 14.5. The van der Waals surface area contributed by atoms with Gasteiger partial charge in [0.05, 0.1) is 16.3 Å². The van der Waals surface area contributed by atoms with E-state index in [0.29, 0.717) is 15.8 Å². The molecule has 1 fully saturated rings. The van der Waals surface area contributed by atoms with Gasteiger partial charge in [-0.25, -0.2) is 8.42 Å². The monoisotopic (exact) mass is 359 g/mol. The van der Waals surface area contributed by atoms with Crippen LogP contribution in [0.3, 0.4) is 0 Å². The van der Waals surface area contributed by atoms with Crippen LogP contribution in [0.15, 0.2) is 29.2 Å². The minimum Gasteiger partial charge on any atom is -0.369 e. The number of halogens is 1. The minimum atomic E-state index is -3.19. The first-order valence-corrected chi connectivity index (χ1v) is 9.73. The second-order valence-corrected chi connectivity index (χ2v) is 8.77. The first-order chi connectivity index (χ1) is 9.47. The first kappa shape index (κ1) is 15.8. The standard InChI is InChI=1S/C15H22BrNO2S/c1-3-20(18,19)15-11-7-6-10-14(15)17(2)13-9-5-4-8-12(13)16/h6-7,10-13H,3-5,8-9H2,1-2H3. The third-order valence-electron chi connectivity index (χ3n) is 4.11. The first-order valence-electron chi connectivity index (χ1n) is 7.16. The number of hydrogen-bond acceptors (Lipinski definition) is 3. The SMILES string of the molecule is CCS(=O)(=O)c1ccccc1N(C)C1CCCCC1Br. The number of rotatable bonds is 4. The van der Waals surface area contributed by atoms with Gasteiger partial charge in [0.15, 0.2) is 9.84 Å². The van der Waals surface area contributed by atoms with E-state index in [9.17, 15) is 8.42 Å². The third-order valence-corrected chi connectivity index (χ3v) is 6.95. The molecule has 1 aliphatic rings. The van der Waals surface area contributed by atoms with Crippen molar-refractivity contribution in [3.05, 3.63) is 24.3 Å². The average Bonchev–Trinajstić information content (AvgIpc) is 2.47. The molecule has 0 N–H and O–H groups in total. The van der Waals surface area contributed by atoms with E-state index >= 15 is 0 Å². The van der Waals surface area contributed by atoms with Crippen LogP contribution in [0.4, 0.5) is 5.69 Å². The molecule has 20 heavy (non-hydrogen) atoms. The fourth-order valence-corrected chi connectivity index (χ4v) is 4.92. The Bertz CT molecular complexity index is 559. The number of sulfone groups is 1. The molecule has 1 aromatic rings. The van der Waals surface area contributed by atoms with Crippen LogP contribution >= 0.6 is 15.9 Å². The Morgan fingerprint density at radius 2 is 1.90 bits per heavy atom. The summed E-state index contributed by atoms with van der Waals surface area (Å²) in [4.78, 5) is 3.02. The Morgan fingerprint density at radius 1 is 1.25 bits per heavy atom. The van der Waals surface area contributed by atoms with E-state index in [0.717, 1.165) is 18.5 Å². The summed E-state index contributed by atoms with van der Waals surface area (Å²) in [5, 5.41) is 0. The van der Waals surface area contributed by atoms with Crippen molar-refractivity contribution in [2.75, 3.05) is 17.7 Å². The second-order valence-electron chi connectivity index (χ2n) is 5.35. The highest BCUT2D eigenvalue weighted by molar-refractivity contribution is 9.09. The number of hydrogen-bond donors (Lipinski definition) is 0. The predicted molar refractivity (Wildman–Crippen MR) is 87.5 cm³/mol. The topological polar surface area (TPSA) is 37.4 Å². The van der Waals surface area contributed by atoms with Crippen LogP contribution in [0.5, 0.6) is 0 Å². The summed E-state index contributed by atoms with van der Waals surface area (Å²) in [5.41, 5.74) is 0.825. The molecule has 0 radical (unpaired) electrons. The molecule has 3 nitrogen and oxygen atoms in total. The van der Waals surface area contributed by atoms with Gasteiger partial charge < -0.3 is 4.90 Å². The fourth-order valence-electron chi connectivity index (χ4n) is 2.85. The van der Waals surface area contributed by atoms with E-state index in [1.54, 1.807) is 19.1 Å². The van der Waals surface area contributed by atoms with Gasteiger partial charge in [0.2, 0.25) is 0 Å². The van der Waals surface area contributed by atoms with Crippen molar-refractivity contribution < 1.29 is 8.42 Å². The Balaban J connectivity index is 2.37. The lowest BCUT2D eigenvalue weighted by Crippen LogP contribution is -2.41. The lowest BCUT2D eigenvalue weighted by atomic mass is 9.94. The van der Waals surface area contributed by atoms with Gasteiger partial charge in [-0.1, -0.05) is 47.8 Å². The maximum Gasteiger partial charge on any atom is 0.180 e. The van der Waals surface area contributed by atoms with Gasteiger partial charge in [-0.05, 0) is 25.0 Å². The van der Waals surface area contributed by atoms with Crippen molar-refractivity contribution in [3.63, 3.8) is 0 Å². The zero-order valence-electron chi connectivity index (χ0n) is 12.0. The van der Waals surface area contributed by atoms with E-state index in [-0.39, 0.29) is 5.75 Å². The van der Waals surface area contributed by atoms with Gasteiger partial charge in [0.1, 0.15) is 0 Å². The average molecular weight is 360 g/mol. The molecule has 0 aromatic heterocycles. The molecule has 0 amide bonds. The Morgan fingerprint density at radius 3 is 2.55 bits per heavy atom. The summed E-state index contributed by atoms with van der Waals surface area (Å²) in [6, 6.07) is 7.70. The molecule has 5 heteroatoms. The van der Waals surface area contributed by atoms with Crippen LogP contribution < -0.4 is 4.90 Å². The largest absolute Gasteiger partial charge is 0.369 e. The molecule has 2 unspecified atom stereocenters. The van der Waals surface area contributed by atoms with E-state index in [1.807, 2.05) is 19.2 Å². The minimum absolute atomic E-state index is 0.139. The molecule has 1 saturated carbocycles. The highest BCUT2D eigenvalue weighted by Gasteiger charge is 2.29. The normalized spacial score (nSPS) is 23.6. The van der Waals surface area contributed by atoms with Crippen LogP contribution in [0.25, 0.3) is 0 Å². The summed E-state index contributed by atoms with van der Waals surface area (Å²) in [7, 11) is -1.18. The molecule has 1 aliphatic carbocycles. The van der Waals surface area contributed by atoms with Gasteiger partial charge in [-0.3, -0.25) is 0 Å². The molecule has 0 bridgehead atoms. The number of benzene rings is 1. The van der Waals surface area contributed by atoms with Crippen LogP contribution in [-0.2, 0) is 9.84 Å². The molecular weight excluding hydrogens is 338 g/mol. The van der Waals surface area contributed by atoms with E-state index in [1.165, 1.54) is 12.8 Å². The number of para-hydroxylation sites is 1. The molecule has 0 aliphatic heterocycles. The van der Waals surface area contributed by atoms with E-state index in [2.05, 4.69) is 20.8 Å². The Kier molecular flexibility index (Phi) is 5.13. The van der Waals surface area contributed by atoms with Gasteiger partial charge >= 0.3 is 0 Å². The predicted octanol–water partition coefficient (Wildman–Crippen LogP) is 3.62. The second kappa shape index (κ2) is 6.48.